The predicted octanol–water partition coefficient (Wildman–Crippen LogP) is 2.99. The zero-order valence-corrected chi connectivity index (χ0v) is 20.5. The second-order valence-corrected chi connectivity index (χ2v) is 12.5. The monoisotopic (exact) mass is 536 g/mol. The molecule has 4 unspecified atom stereocenters. The molecular weight excluding hydrogens is 505 g/mol. The maximum absolute atomic E-state index is 13.1. The fourth-order valence-corrected chi connectivity index (χ4v) is 7.20. The van der Waals surface area contributed by atoms with Crippen LogP contribution in [0.25, 0.3) is 0 Å². The van der Waals surface area contributed by atoms with Crippen LogP contribution in [0.1, 0.15) is 33.1 Å². The van der Waals surface area contributed by atoms with Gasteiger partial charge in [-0.3, -0.25) is 4.52 Å². The minimum atomic E-state index is -3.33. The number of ether oxygens (including phenoxy) is 4. The first-order valence-corrected chi connectivity index (χ1v) is 13.8. The smallest absolute Gasteiger partial charge is 0.379 e. The van der Waals surface area contributed by atoms with Crippen LogP contribution in [0, 0.1) is 0 Å². The maximum Gasteiger partial charge on any atom is 0.389 e. The van der Waals surface area contributed by atoms with Gasteiger partial charge in [0.25, 0.3) is 0 Å². The summed E-state index contributed by atoms with van der Waals surface area (Å²) in [5.41, 5.74) is 0. The van der Waals surface area contributed by atoms with E-state index in [9.17, 15) is 4.57 Å². The lowest BCUT2D eigenvalue weighted by atomic mass is 9.96. The molecular formula is C16H31BIO7PS. The number of hydrogen-bond acceptors (Lipinski definition) is 8. The van der Waals surface area contributed by atoms with E-state index in [1.165, 1.54) is 18.5 Å². The van der Waals surface area contributed by atoms with Crippen molar-refractivity contribution >= 4 is 48.6 Å². The first-order valence-electron chi connectivity index (χ1n) is 9.38. The summed E-state index contributed by atoms with van der Waals surface area (Å²) in [6, 6.07) is 0.0339. The van der Waals surface area contributed by atoms with E-state index in [0.717, 1.165) is 12.8 Å². The normalized spacial score (nSPS) is 37.4. The number of rotatable bonds is 11. The van der Waals surface area contributed by atoms with E-state index in [0.29, 0.717) is 18.8 Å². The predicted molar refractivity (Wildman–Crippen MR) is 118 cm³/mol. The van der Waals surface area contributed by atoms with Crippen LogP contribution in [-0.4, -0.2) is 75.1 Å². The standard InChI is InChI=1S/C16H31BIO7PS/c1-5-10(2)22-8-13-12(6-15(17)23-13)25-26(19,21-4)27-9-14-11(20-3)7-16(18)24-14/h10-16H,5-9,17H2,1-4H3/t10?,11-,12-,13?,14?,15-,16-,26?/m1/s1. The zero-order valence-electron chi connectivity index (χ0n) is 16.7. The molecule has 0 saturated carbocycles. The van der Waals surface area contributed by atoms with Crippen molar-refractivity contribution in [2.75, 3.05) is 26.6 Å². The Labute approximate surface area is 181 Å². The number of methoxy groups -OCH3 is 1. The van der Waals surface area contributed by atoms with Crippen LogP contribution in [0.2, 0.25) is 0 Å². The van der Waals surface area contributed by atoms with Crippen molar-refractivity contribution < 1.29 is 32.6 Å². The average Bonchev–Trinajstić information content (AvgIpc) is 3.19. The number of hydrogen-bond donors (Lipinski definition) is 0. The van der Waals surface area contributed by atoms with Crippen molar-refractivity contribution in [2.45, 2.75) is 73.7 Å². The molecule has 7 nitrogen and oxygen atoms in total. The van der Waals surface area contributed by atoms with Gasteiger partial charge in [-0.1, -0.05) is 29.5 Å². The van der Waals surface area contributed by atoms with E-state index in [1.807, 2.05) is 14.8 Å². The average molecular weight is 536 g/mol. The van der Waals surface area contributed by atoms with Crippen LogP contribution in [0.15, 0.2) is 0 Å². The summed E-state index contributed by atoms with van der Waals surface area (Å²) in [6.07, 6.45) is 1.88. The highest BCUT2D eigenvalue weighted by Crippen LogP contribution is 2.62. The van der Waals surface area contributed by atoms with E-state index in [2.05, 4.69) is 29.5 Å². The van der Waals surface area contributed by atoms with E-state index in [4.69, 9.17) is 28.0 Å². The molecule has 0 aliphatic carbocycles. The van der Waals surface area contributed by atoms with Gasteiger partial charge in [0.15, 0.2) is 0 Å². The van der Waals surface area contributed by atoms with Crippen LogP contribution in [0.3, 0.4) is 0 Å². The molecule has 0 spiro atoms. The van der Waals surface area contributed by atoms with Crippen molar-refractivity contribution in [2.24, 2.45) is 0 Å². The SMILES string of the molecule is B[C@H]1C[C@@H](OP(=O)(OC)SCC2O[C@@H](I)C[C@H]2OC)C(COC(C)CC)O1. The van der Waals surface area contributed by atoms with E-state index in [1.54, 1.807) is 7.11 Å². The van der Waals surface area contributed by atoms with Crippen molar-refractivity contribution in [3.8, 4) is 0 Å². The van der Waals surface area contributed by atoms with Gasteiger partial charge in [0, 0.05) is 32.4 Å². The van der Waals surface area contributed by atoms with Gasteiger partial charge in [-0.15, -0.1) is 0 Å². The van der Waals surface area contributed by atoms with Crippen molar-refractivity contribution in [1.82, 2.24) is 0 Å². The Morgan fingerprint density at radius 3 is 2.63 bits per heavy atom. The van der Waals surface area contributed by atoms with Crippen LogP contribution >= 0.6 is 40.8 Å². The lowest BCUT2D eigenvalue weighted by Crippen LogP contribution is -2.30. The third kappa shape index (κ3) is 7.40. The second kappa shape index (κ2) is 11.5. The number of halogens is 1. The van der Waals surface area contributed by atoms with E-state index >= 15 is 0 Å². The molecule has 0 amide bonds. The zero-order chi connectivity index (χ0) is 20.0. The van der Waals surface area contributed by atoms with Crippen LogP contribution in [-0.2, 0) is 32.6 Å². The number of alkyl halides is 1. The molecule has 2 aliphatic heterocycles. The summed E-state index contributed by atoms with van der Waals surface area (Å²) in [4.78, 5) is 0. The fourth-order valence-electron chi connectivity index (χ4n) is 3.07. The summed E-state index contributed by atoms with van der Waals surface area (Å²) in [5, 5.41) is 0. The third-order valence-corrected chi connectivity index (χ3v) is 9.52. The molecule has 0 bridgehead atoms. The molecule has 2 fully saturated rings. The quantitative estimate of drug-likeness (QED) is 0.173. The third-order valence-electron chi connectivity index (χ3n) is 4.85. The molecule has 0 N–H and O–H groups in total. The Morgan fingerprint density at radius 2 is 2.00 bits per heavy atom. The minimum absolute atomic E-state index is 0.00350. The van der Waals surface area contributed by atoms with Gasteiger partial charge in [-0.2, -0.15) is 0 Å². The second-order valence-electron chi connectivity index (χ2n) is 6.94. The summed E-state index contributed by atoms with van der Waals surface area (Å²) in [5.74, 6) is 0.486. The van der Waals surface area contributed by atoms with Crippen LogP contribution in [0.4, 0.5) is 0 Å². The van der Waals surface area contributed by atoms with Crippen molar-refractivity contribution in [3.63, 3.8) is 0 Å². The van der Waals surface area contributed by atoms with Gasteiger partial charge in [0.05, 0.1) is 31.0 Å². The molecule has 2 heterocycles. The minimum Gasteiger partial charge on any atom is -0.379 e. The topological polar surface area (TPSA) is 72.5 Å². The molecule has 0 aromatic carbocycles. The van der Waals surface area contributed by atoms with Gasteiger partial charge < -0.3 is 23.5 Å². The summed E-state index contributed by atoms with van der Waals surface area (Å²) in [6.45, 7) is 1.19. The van der Waals surface area contributed by atoms with Crippen molar-refractivity contribution in [1.29, 1.82) is 0 Å². The first kappa shape index (κ1) is 24.4. The van der Waals surface area contributed by atoms with Gasteiger partial charge in [0.2, 0.25) is 0 Å². The van der Waals surface area contributed by atoms with Crippen molar-refractivity contribution in [3.05, 3.63) is 0 Å². The largest absolute Gasteiger partial charge is 0.389 e. The van der Waals surface area contributed by atoms with E-state index in [-0.39, 0.29) is 40.6 Å². The highest BCUT2D eigenvalue weighted by molar-refractivity contribution is 14.1. The van der Waals surface area contributed by atoms with Gasteiger partial charge >= 0.3 is 6.80 Å². The van der Waals surface area contributed by atoms with Gasteiger partial charge in [-0.05, 0) is 31.1 Å². The molecule has 2 rings (SSSR count). The Balaban J connectivity index is 1.91. The Morgan fingerprint density at radius 1 is 1.26 bits per heavy atom. The highest BCUT2D eigenvalue weighted by Gasteiger charge is 2.42. The first-order chi connectivity index (χ1) is 12.8. The Kier molecular flexibility index (Phi) is 10.4. The summed E-state index contributed by atoms with van der Waals surface area (Å²) >= 11 is 3.41. The lowest BCUT2D eigenvalue weighted by Gasteiger charge is -2.25. The van der Waals surface area contributed by atoms with Gasteiger partial charge in [0.1, 0.15) is 18.1 Å². The van der Waals surface area contributed by atoms with Gasteiger partial charge in [-0.25, -0.2) is 4.57 Å². The Hall–Kier alpha value is 1.13. The Bertz CT molecular complexity index is 505. The van der Waals surface area contributed by atoms with E-state index < -0.39 is 6.80 Å². The summed E-state index contributed by atoms with van der Waals surface area (Å²) in [7, 11) is 5.08. The molecule has 0 aromatic heterocycles. The summed E-state index contributed by atoms with van der Waals surface area (Å²) < 4.78 is 47.5. The highest BCUT2D eigenvalue weighted by atomic mass is 127. The molecule has 27 heavy (non-hydrogen) atoms. The fraction of sp³-hybridized carbons (Fsp3) is 1.00. The maximum atomic E-state index is 13.1. The molecule has 2 aliphatic rings. The molecule has 0 aromatic rings. The van der Waals surface area contributed by atoms with Crippen LogP contribution < -0.4 is 0 Å². The molecule has 11 heteroatoms. The lowest BCUT2D eigenvalue weighted by molar-refractivity contribution is -0.0474. The molecule has 2 saturated heterocycles. The molecule has 0 radical (unpaired) electrons. The molecule has 158 valence electrons. The van der Waals surface area contributed by atoms with Crippen LogP contribution in [0.5, 0.6) is 0 Å². The molecule has 8 atom stereocenters.